The number of thiocarbonyl (C=S) groups is 1. The molecule has 0 heterocycles. The van der Waals surface area contributed by atoms with Gasteiger partial charge in [0.2, 0.25) is 0 Å². The van der Waals surface area contributed by atoms with Gasteiger partial charge < -0.3 is 19.5 Å². The summed E-state index contributed by atoms with van der Waals surface area (Å²) in [6.07, 6.45) is 1.92. The van der Waals surface area contributed by atoms with Crippen LogP contribution in [0, 0.1) is 0 Å². The van der Waals surface area contributed by atoms with Crippen LogP contribution < -0.4 is 24.8 Å². The SMILES string of the molecule is CCCCOc1ccc(Br)cc1C(=O)NC(=S)Nc1ccc(OC)c(OC)c1. The van der Waals surface area contributed by atoms with Gasteiger partial charge in [-0.25, -0.2) is 0 Å². The molecule has 0 unspecified atom stereocenters. The largest absolute Gasteiger partial charge is 0.493 e. The van der Waals surface area contributed by atoms with Crippen LogP contribution in [0.4, 0.5) is 5.69 Å². The van der Waals surface area contributed by atoms with Crippen LogP contribution in [0.15, 0.2) is 40.9 Å². The van der Waals surface area contributed by atoms with Gasteiger partial charge in [0.15, 0.2) is 16.6 Å². The number of rotatable bonds is 8. The van der Waals surface area contributed by atoms with Crippen molar-refractivity contribution in [3.63, 3.8) is 0 Å². The second-order valence-electron chi connectivity index (χ2n) is 5.82. The van der Waals surface area contributed by atoms with Gasteiger partial charge in [0.05, 0.1) is 26.4 Å². The van der Waals surface area contributed by atoms with E-state index >= 15 is 0 Å². The monoisotopic (exact) mass is 466 g/mol. The Morgan fingerprint density at radius 3 is 2.46 bits per heavy atom. The van der Waals surface area contributed by atoms with Gasteiger partial charge in [0.25, 0.3) is 5.91 Å². The Balaban J connectivity index is 2.08. The fraction of sp³-hybridized carbons (Fsp3) is 0.300. The molecule has 8 heteroatoms. The minimum Gasteiger partial charge on any atom is -0.493 e. The lowest BCUT2D eigenvalue weighted by Gasteiger charge is -2.14. The lowest BCUT2D eigenvalue weighted by atomic mass is 10.2. The molecule has 0 radical (unpaired) electrons. The minimum absolute atomic E-state index is 0.164. The van der Waals surface area contributed by atoms with Crippen molar-refractivity contribution in [2.75, 3.05) is 26.1 Å². The minimum atomic E-state index is -0.356. The lowest BCUT2D eigenvalue weighted by molar-refractivity contribution is 0.0973. The first-order chi connectivity index (χ1) is 13.5. The number of anilines is 1. The van der Waals surface area contributed by atoms with E-state index in [9.17, 15) is 4.79 Å². The molecule has 0 fully saturated rings. The van der Waals surface area contributed by atoms with Crippen molar-refractivity contribution >= 4 is 44.9 Å². The molecule has 2 aromatic carbocycles. The highest BCUT2D eigenvalue weighted by Gasteiger charge is 2.15. The van der Waals surface area contributed by atoms with Crippen LogP contribution >= 0.6 is 28.1 Å². The lowest BCUT2D eigenvalue weighted by Crippen LogP contribution is -2.34. The molecule has 0 saturated heterocycles. The van der Waals surface area contributed by atoms with Crippen LogP contribution in [0.25, 0.3) is 0 Å². The number of hydrogen-bond donors (Lipinski definition) is 2. The Hall–Kier alpha value is -2.32. The Bertz CT molecular complexity index is 845. The van der Waals surface area contributed by atoms with E-state index in [0.29, 0.717) is 35.1 Å². The van der Waals surface area contributed by atoms with E-state index in [1.807, 2.05) is 6.07 Å². The van der Waals surface area contributed by atoms with Crippen LogP contribution in [-0.2, 0) is 0 Å². The summed E-state index contributed by atoms with van der Waals surface area (Å²) in [5.74, 6) is 1.32. The number of ether oxygens (including phenoxy) is 3. The average molecular weight is 467 g/mol. The van der Waals surface area contributed by atoms with Crippen molar-refractivity contribution in [3.8, 4) is 17.2 Å². The first kappa shape index (κ1) is 22.0. The third-order valence-electron chi connectivity index (χ3n) is 3.81. The highest BCUT2D eigenvalue weighted by Crippen LogP contribution is 2.29. The number of unbranched alkanes of at least 4 members (excludes halogenated alkanes) is 1. The average Bonchev–Trinajstić information content (AvgIpc) is 2.68. The smallest absolute Gasteiger partial charge is 0.261 e. The van der Waals surface area contributed by atoms with E-state index in [2.05, 4.69) is 33.5 Å². The summed E-state index contributed by atoms with van der Waals surface area (Å²) in [5, 5.41) is 5.81. The zero-order chi connectivity index (χ0) is 20.5. The maximum atomic E-state index is 12.7. The van der Waals surface area contributed by atoms with Crippen molar-refractivity contribution in [2.45, 2.75) is 19.8 Å². The Morgan fingerprint density at radius 1 is 1.07 bits per heavy atom. The van der Waals surface area contributed by atoms with Gasteiger partial charge in [-0.05, 0) is 49.0 Å². The molecule has 0 bridgehead atoms. The van der Waals surface area contributed by atoms with Crippen molar-refractivity contribution < 1.29 is 19.0 Å². The van der Waals surface area contributed by atoms with Gasteiger partial charge in [-0.15, -0.1) is 0 Å². The molecule has 6 nitrogen and oxygen atoms in total. The summed E-state index contributed by atoms with van der Waals surface area (Å²) in [6.45, 7) is 2.63. The summed E-state index contributed by atoms with van der Waals surface area (Å²) >= 11 is 8.65. The van der Waals surface area contributed by atoms with Crippen LogP contribution in [0.5, 0.6) is 17.2 Å². The van der Waals surface area contributed by atoms with Gasteiger partial charge >= 0.3 is 0 Å². The summed E-state index contributed by atoms with van der Waals surface area (Å²) in [6, 6.07) is 10.6. The Morgan fingerprint density at radius 2 is 1.79 bits per heavy atom. The number of methoxy groups -OCH3 is 2. The quantitative estimate of drug-likeness (QED) is 0.431. The van der Waals surface area contributed by atoms with Crippen molar-refractivity contribution in [1.82, 2.24) is 5.32 Å². The van der Waals surface area contributed by atoms with E-state index in [-0.39, 0.29) is 11.0 Å². The van der Waals surface area contributed by atoms with Gasteiger partial charge in [-0.3, -0.25) is 10.1 Å². The van der Waals surface area contributed by atoms with E-state index in [4.69, 9.17) is 26.4 Å². The zero-order valence-electron chi connectivity index (χ0n) is 16.0. The summed E-state index contributed by atoms with van der Waals surface area (Å²) in [5.41, 5.74) is 1.07. The highest BCUT2D eigenvalue weighted by molar-refractivity contribution is 9.10. The molecule has 0 aliphatic carbocycles. The van der Waals surface area contributed by atoms with E-state index < -0.39 is 0 Å². The predicted octanol–water partition coefficient (Wildman–Crippen LogP) is 4.77. The zero-order valence-corrected chi connectivity index (χ0v) is 18.4. The molecule has 0 aromatic heterocycles. The molecule has 0 spiro atoms. The number of amides is 1. The third-order valence-corrected chi connectivity index (χ3v) is 4.51. The second kappa shape index (κ2) is 10.9. The van der Waals surface area contributed by atoms with Crippen molar-refractivity contribution in [3.05, 3.63) is 46.4 Å². The number of benzene rings is 2. The normalized spacial score (nSPS) is 10.1. The standard InChI is InChI=1S/C20H23BrN2O4S/c1-4-5-10-27-16-8-6-13(21)11-15(16)19(24)23-20(28)22-14-7-9-17(25-2)18(12-14)26-3/h6-9,11-12H,4-5,10H2,1-3H3,(H2,22,23,24,28). The second-order valence-corrected chi connectivity index (χ2v) is 7.14. The maximum absolute atomic E-state index is 12.7. The number of carbonyl (C=O) groups excluding carboxylic acids is 1. The van der Waals surface area contributed by atoms with E-state index in [1.54, 1.807) is 44.6 Å². The molecule has 0 saturated carbocycles. The fourth-order valence-electron chi connectivity index (χ4n) is 2.38. The van der Waals surface area contributed by atoms with Crippen molar-refractivity contribution in [2.24, 2.45) is 0 Å². The first-order valence-corrected chi connectivity index (χ1v) is 9.95. The maximum Gasteiger partial charge on any atom is 0.261 e. The molecule has 28 heavy (non-hydrogen) atoms. The molecule has 150 valence electrons. The molecular formula is C20H23BrN2O4S. The summed E-state index contributed by atoms with van der Waals surface area (Å²) in [4.78, 5) is 12.7. The summed E-state index contributed by atoms with van der Waals surface area (Å²) in [7, 11) is 3.11. The van der Waals surface area contributed by atoms with E-state index in [1.165, 1.54) is 0 Å². The van der Waals surface area contributed by atoms with Crippen molar-refractivity contribution in [1.29, 1.82) is 0 Å². The van der Waals surface area contributed by atoms with Gasteiger partial charge in [0, 0.05) is 16.2 Å². The number of halogens is 1. The van der Waals surface area contributed by atoms with Crippen LogP contribution in [0.1, 0.15) is 30.1 Å². The molecule has 0 atom stereocenters. The molecule has 0 aliphatic rings. The van der Waals surface area contributed by atoms with E-state index in [0.717, 1.165) is 17.3 Å². The Labute approximate surface area is 178 Å². The molecule has 2 N–H and O–H groups in total. The number of hydrogen-bond acceptors (Lipinski definition) is 5. The molecule has 2 aromatic rings. The third kappa shape index (κ3) is 6.10. The predicted molar refractivity (Wildman–Crippen MR) is 118 cm³/mol. The van der Waals surface area contributed by atoms with Crippen LogP contribution in [0.2, 0.25) is 0 Å². The van der Waals surface area contributed by atoms with Crippen LogP contribution in [-0.4, -0.2) is 31.8 Å². The van der Waals surface area contributed by atoms with Gasteiger partial charge in [0.1, 0.15) is 5.75 Å². The van der Waals surface area contributed by atoms with Gasteiger partial charge in [-0.2, -0.15) is 0 Å². The highest BCUT2D eigenvalue weighted by atomic mass is 79.9. The number of nitrogens with one attached hydrogen (secondary N) is 2. The fourth-order valence-corrected chi connectivity index (χ4v) is 2.95. The summed E-state index contributed by atoms with van der Waals surface area (Å²) < 4.78 is 17.0. The molecule has 2 rings (SSSR count). The van der Waals surface area contributed by atoms with Gasteiger partial charge in [-0.1, -0.05) is 29.3 Å². The Kier molecular flexibility index (Phi) is 8.53. The molecular weight excluding hydrogens is 444 g/mol. The van der Waals surface area contributed by atoms with Crippen LogP contribution in [0.3, 0.4) is 0 Å². The topological polar surface area (TPSA) is 68.8 Å². The number of carbonyl (C=O) groups is 1. The molecule has 1 amide bonds. The molecule has 0 aliphatic heterocycles. The first-order valence-electron chi connectivity index (χ1n) is 8.75.